The number of nitrogens with zero attached hydrogens (tertiary/aromatic N) is 3. The minimum atomic E-state index is -0.222. The number of aromatic nitrogens is 1. The van der Waals surface area contributed by atoms with Gasteiger partial charge < -0.3 is 9.30 Å². The second-order valence-corrected chi connectivity index (χ2v) is 9.06. The topological polar surface area (TPSA) is 20.6 Å². The first kappa shape index (κ1) is 20.5. The Morgan fingerprint density at radius 1 is 0.935 bits per heavy atom. The molecule has 0 saturated carbocycles. The SMILES string of the molecule is Cc1cn(CCCN2C3CCC2CN(CCOc2ccc(F)cc2)C3)c2ccccc12. The molecular formula is C26H32FN3O. The van der Waals surface area contributed by atoms with Crippen molar-refractivity contribution in [3.63, 3.8) is 0 Å². The van der Waals surface area contributed by atoms with E-state index in [4.69, 9.17) is 4.74 Å². The van der Waals surface area contributed by atoms with Crippen molar-refractivity contribution in [1.29, 1.82) is 0 Å². The van der Waals surface area contributed by atoms with Crippen LogP contribution in [0.3, 0.4) is 0 Å². The molecule has 3 aromatic rings. The zero-order valence-electron chi connectivity index (χ0n) is 18.3. The van der Waals surface area contributed by atoms with Crippen molar-refractivity contribution in [1.82, 2.24) is 14.4 Å². The van der Waals surface area contributed by atoms with Crippen molar-refractivity contribution in [3.05, 3.63) is 66.1 Å². The van der Waals surface area contributed by atoms with Gasteiger partial charge in [-0.3, -0.25) is 9.80 Å². The average Bonchev–Trinajstić information content (AvgIpc) is 3.22. The second-order valence-electron chi connectivity index (χ2n) is 9.06. The number of piperazine rings is 1. The highest BCUT2D eigenvalue weighted by Crippen LogP contribution is 2.30. The van der Waals surface area contributed by atoms with Gasteiger partial charge in [-0.05, 0) is 62.1 Å². The first-order valence-electron chi connectivity index (χ1n) is 11.6. The van der Waals surface area contributed by atoms with Crippen LogP contribution in [0.15, 0.2) is 54.7 Å². The molecule has 5 rings (SSSR count). The molecule has 0 N–H and O–H groups in total. The van der Waals surface area contributed by atoms with Gasteiger partial charge in [-0.25, -0.2) is 4.39 Å². The Morgan fingerprint density at radius 3 is 2.45 bits per heavy atom. The number of benzene rings is 2. The summed E-state index contributed by atoms with van der Waals surface area (Å²) in [7, 11) is 0. The summed E-state index contributed by atoms with van der Waals surface area (Å²) in [5, 5.41) is 1.37. The molecule has 1 aromatic heterocycles. The highest BCUT2D eigenvalue weighted by molar-refractivity contribution is 5.83. The lowest BCUT2D eigenvalue weighted by Crippen LogP contribution is -2.54. The molecule has 0 aliphatic carbocycles. The minimum absolute atomic E-state index is 0.222. The predicted molar refractivity (Wildman–Crippen MR) is 123 cm³/mol. The van der Waals surface area contributed by atoms with Crippen LogP contribution in [0.25, 0.3) is 10.9 Å². The summed E-state index contributed by atoms with van der Waals surface area (Å²) in [4.78, 5) is 5.31. The molecule has 2 aliphatic rings. The molecule has 2 atom stereocenters. The minimum Gasteiger partial charge on any atom is -0.492 e. The van der Waals surface area contributed by atoms with Gasteiger partial charge in [-0.1, -0.05) is 18.2 Å². The summed E-state index contributed by atoms with van der Waals surface area (Å²) in [6.07, 6.45) is 6.12. The number of halogens is 1. The van der Waals surface area contributed by atoms with Gasteiger partial charge in [0.25, 0.3) is 0 Å². The molecule has 2 unspecified atom stereocenters. The Morgan fingerprint density at radius 2 is 1.68 bits per heavy atom. The molecule has 0 radical (unpaired) electrons. The van der Waals surface area contributed by atoms with E-state index in [1.54, 1.807) is 12.1 Å². The fourth-order valence-electron chi connectivity index (χ4n) is 5.49. The van der Waals surface area contributed by atoms with Gasteiger partial charge in [0, 0.05) is 61.9 Å². The third kappa shape index (κ3) is 4.48. The van der Waals surface area contributed by atoms with Crippen LogP contribution in [0, 0.1) is 12.7 Å². The molecule has 164 valence electrons. The third-order valence-corrected chi connectivity index (χ3v) is 7.00. The normalized spacial score (nSPS) is 21.7. The summed E-state index contributed by atoms with van der Waals surface area (Å²) in [5.41, 5.74) is 2.72. The number of hydrogen-bond acceptors (Lipinski definition) is 3. The number of aryl methyl sites for hydroxylation is 2. The highest BCUT2D eigenvalue weighted by Gasteiger charge is 2.39. The number of fused-ring (bicyclic) bond motifs is 3. The van der Waals surface area contributed by atoms with Crippen LogP contribution in [0.2, 0.25) is 0 Å². The maximum absolute atomic E-state index is 13.0. The zero-order valence-corrected chi connectivity index (χ0v) is 18.3. The number of para-hydroxylation sites is 1. The van der Waals surface area contributed by atoms with Crippen LogP contribution >= 0.6 is 0 Å². The monoisotopic (exact) mass is 421 g/mol. The maximum atomic E-state index is 13.0. The van der Waals surface area contributed by atoms with E-state index in [-0.39, 0.29) is 5.82 Å². The molecular weight excluding hydrogens is 389 g/mol. The molecule has 0 spiro atoms. The van der Waals surface area contributed by atoms with Crippen molar-refractivity contribution in [2.45, 2.75) is 44.8 Å². The van der Waals surface area contributed by atoms with Crippen molar-refractivity contribution < 1.29 is 9.13 Å². The van der Waals surface area contributed by atoms with Crippen molar-refractivity contribution in [3.8, 4) is 5.75 Å². The Kier molecular flexibility index (Phi) is 5.97. The molecule has 31 heavy (non-hydrogen) atoms. The van der Waals surface area contributed by atoms with E-state index < -0.39 is 0 Å². The maximum Gasteiger partial charge on any atom is 0.123 e. The molecule has 0 amide bonds. The number of rotatable bonds is 8. The third-order valence-electron chi connectivity index (χ3n) is 7.00. The number of likely N-dealkylation sites (tertiary alicyclic amines) is 1. The fraction of sp³-hybridized carbons (Fsp3) is 0.462. The van der Waals surface area contributed by atoms with Gasteiger partial charge in [-0.2, -0.15) is 0 Å². The van der Waals surface area contributed by atoms with E-state index in [0.717, 1.165) is 31.9 Å². The van der Waals surface area contributed by atoms with Gasteiger partial charge in [0.05, 0.1) is 0 Å². The first-order chi connectivity index (χ1) is 15.2. The first-order valence-corrected chi connectivity index (χ1v) is 11.6. The van der Waals surface area contributed by atoms with Crippen molar-refractivity contribution in [2.24, 2.45) is 0 Å². The predicted octanol–water partition coefficient (Wildman–Crippen LogP) is 4.71. The largest absolute Gasteiger partial charge is 0.492 e. The Bertz CT molecular complexity index is 1000. The second kappa shape index (κ2) is 9.01. The van der Waals surface area contributed by atoms with Crippen LogP contribution in [-0.2, 0) is 6.54 Å². The van der Waals surface area contributed by atoms with E-state index in [0.29, 0.717) is 18.7 Å². The van der Waals surface area contributed by atoms with Gasteiger partial charge in [0.2, 0.25) is 0 Å². The molecule has 2 aliphatic heterocycles. The smallest absolute Gasteiger partial charge is 0.123 e. The molecule has 4 nitrogen and oxygen atoms in total. The Hall–Kier alpha value is -2.37. The van der Waals surface area contributed by atoms with Gasteiger partial charge in [-0.15, -0.1) is 0 Å². The Labute approximate surface area is 184 Å². The number of ether oxygens (including phenoxy) is 1. The van der Waals surface area contributed by atoms with Gasteiger partial charge >= 0.3 is 0 Å². The van der Waals surface area contributed by atoms with E-state index in [2.05, 4.69) is 51.8 Å². The lowest BCUT2D eigenvalue weighted by Gasteiger charge is -2.41. The highest BCUT2D eigenvalue weighted by atomic mass is 19.1. The van der Waals surface area contributed by atoms with E-state index in [9.17, 15) is 4.39 Å². The molecule has 2 saturated heterocycles. The zero-order chi connectivity index (χ0) is 21.2. The van der Waals surface area contributed by atoms with Crippen LogP contribution in [-0.4, -0.2) is 59.2 Å². The lowest BCUT2D eigenvalue weighted by molar-refractivity contribution is 0.0574. The molecule has 3 heterocycles. The summed E-state index contributed by atoms with van der Waals surface area (Å²) < 4.78 is 21.2. The van der Waals surface area contributed by atoms with Crippen LogP contribution in [0.5, 0.6) is 5.75 Å². The van der Waals surface area contributed by atoms with Gasteiger partial charge in [0.15, 0.2) is 0 Å². The summed E-state index contributed by atoms with van der Waals surface area (Å²) in [6, 6.07) is 16.4. The van der Waals surface area contributed by atoms with E-state index >= 15 is 0 Å². The molecule has 2 aromatic carbocycles. The summed E-state index contributed by atoms with van der Waals surface area (Å²) in [5.74, 6) is 0.524. The Balaban J connectivity index is 1.10. The van der Waals surface area contributed by atoms with Crippen molar-refractivity contribution in [2.75, 3.05) is 32.8 Å². The van der Waals surface area contributed by atoms with Crippen LogP contribution in [0.1, 0.15) is 24.8 Å². The standard InChI is InChI=1S/C26H32FN3O/c1-20-17-29(26-6-3-2-5-25(20)26)13-4-14-30-22-9-10-23(30)19-28(18-22)15-16-31-24-11-7-21(27)8-12-24/h2-3,5-8,11-12,17,22-23H,4,9-10,13-16,18-19H2,1H3. The van der Waals surface area contributed by atoms with Crippen molar-refractivity contribution >= 4 is 10.9 Å². The van der Waals surface area contributed by atoms with Crippen LogP contribution < -0.4 is 4.74 Å². The number of hydrogen-bond donors (Lipinski definition) is 0. The lowest BCUT2D eigenvalue weighted by atomic mass is 10.1. The quantitative estimate of drug-likeness (QED) is 0.526. The van der Waals surface area contributed by atoms with E-state index in [1.807, 2.05) is 0 Å². The fourth-order valence-corrected chi connectivity index (χ4v) is 5.49. The molecule has 5 heteroatoms. The summed E-state index contributed by atoms with van der Waals surface area (Å²) >= 11 is 0. The molecule has 2 fully saturated rings. The average molecular weight is 422 g/mol. The van der Waals surface area contributed by atoms with E-state index in [1.165, 1.54) is 54.4 Å². The van der Waals surface area contributed by atoms with Gasteiger partial charge in [0.1, 0.15) is 18.2 Å². The molecule has 2 bridgehead atoms. The summed E-state index contributed by atoms with van der Waals surface area (Å²) in [6.45, 7) is 8.33. The van der Waals surface area contributed by atoms with Crippen LogP contribution in [0.4, 0.5) is 4.39 Å².